The van der Waals surface area contributed by atoms with Gasteiger partial charge in [-0.25, -0.2) is 0 Å². The third kappa shape index (κ3) is 5.49. The Morgan fingerprint density at radius 1 is 1.17 bits per heavy atom. The van der Waals surface area contributed by atoms with Crippen LogP contribution in [0.25, 0.3) is 0 Å². The van der Waals surface area contributed by atoms with Gasteiger partial charge >= 0.3 is 0 Å². The summed E-state index contributed by atoms with van der Waals surface area (Å²) in [6.07, 6.45) is 0.975. The third-order valence-corrected chi connectivity index (χ3v) is 3.49. The standard InChI is InChI=1S/C18H21ClN2O2/c1-3-10-23-16-8-6-15(7-9-16)20-12-18(22)21-17-11-14(19)5-4-13(17)2/h4-9,11,20H,3,10,12H2,1-2H3,(H,21,22). The number of anilines is 2. The molecule has 23 heavy (non-hydrogen) atoms. The molecule has 0 saturated carbocycles. The van der Waals surface area contributed by atoms with E-state index in [0.717, 1.165) is 29.1 Å². The molecule has 0 spiro atoms. The monoisotopic (exact) mass is 332 g/mol. The summed E-state index contributed by atoms with van der Waals surface area (Å²) in [5, 5.41) is 6.53. The fourth-order valence-corrected chi connectivity index (χ4v) is 2.17. The number of rotatable bonds is 7. The smallest absolute Gasteiger partial charge is 0.243 e. The molecule has 0 heterocycles. The van der Waals surface area contributed by atoms with Gasteiger partial charge in [-0.3, -0.25) is 4.79 Å². The number of aryl methyl sites for hydroxylation is 1. The van der Waals surface area contributed by atoms with Crippen molar-refractivity contribution < 1.29 is 9.53 Å². The summed E-state index contributed by atoms with van der Waals surface area (Å²) in [5.41, 5.74) is 2.57. The van der Waals surface area contributed by atoms with Gasteiger partial charge in [-0.05, 0) is 55.3 Å². The average Bonchev–Trinajstić information content (AvgIpc) is 2.55. The predicted octanol–water partition coefficient (Wildman–Crippen LogP) is 4.49. The maximum Gasteiger partial charge on any atom is 0.243 e. The number of ether oxygens (including phenoxy) is 1. The lowest BCUT2D eigenvalue weighted by molar-refractivity contribution is -0.114. The van der Waals surface area contributed by atoms with E-state index in [1.54, 1.807) is 12.1 Å². The fourth-order valence-electron chi connectivity index (χ4n) is 1.99. The second kappa shape index (κ2) is 8.44. The topological polar surface area (TPSA) is 50.4 Å². The quantitative estimate of drug-likeness (QED) is 0.785. The van der Waals surface area contributed by atoms with Crippen LogP contribution in [0.15, 0.2) is 42.5 Å². The number of hydrogen-bond donors (Lipinski definition) is 2. The van der Waals surface area contributed by atoms with E-state index in [1.807, 2.05) is 37.3 Å². The number of carbonyl (C=O) groups is 1. The molecule has 0 unspecified atom stereocenters. The molecule has 1 amide bonds. The Hall–Kier alpha value is -2.20. The van der Waals surface area contributed by atoms with Gasteiger partial charge < -0.3 is 15.4 Å². The molecular weight excluding hydrogens is 312 g/mol. The average molecular weight is 333 g/mol. The van der Waals surface area contributed by atoms with Gasteiger partial charge in [0.15, 0.2) is 0 Å². The molecule has 0 aliphatic heterocycles. The van der Waals surface area contributed by atoms with Gasteiger partial charge in [0.25, 0.3) is 0 Å². The lowest BCUT2D eigenvalue weighted by atomic mass is 10.2. The van der Waals surface area contributed by atoms with E-state index >= 15 is 0 Å². The van der Waals surface area contributed by atoms with Crippen LogP contribution in [0, 0.1) is 6.92 Å². The molecule has 2 aromatic carbocycles. The second-order valence-corrected chi connectivity index (χ2v) is 5.67. The Bertz CT molecular complexity index is 657. The molecule has 0 atom stereocenters. The zero-order valence-corrected chi connectivity index (χ0v) is 14.1. The van der Waals surface area contributed by atoms with Crippen molar-refractivity contribution in [1.29, 1.82) is 0 Å². The summed E-state index contributed by atoms with van der Waals surface area (Å²) < 4.78 is 5.52. The van der Waals surface area contributed by atoms with Crippen LogP contribution in [0.2, 0.25) is 5.02 Å². The minimum absolute atomic E-state index is 0.123. The van der Waals surface area contributed by atoms with Crippen LogP contribution >= 0.6 is 11.6 Å². The Labute approximate surface area is 141 Å². The van der Waals surface area contributed by atoms with E-state index in [1.165, 1.54) is 0 Å². The molecule has 2 aromatic rings. The number of amides is 1. The summed E-state index contributed by atoms with van der Waals surface area (Å²) in [4.78, 5) is 12.0. The lowest BCUT2D eigenvalue weighted by Gasteiger charge is -2.11. The number of carbonyl (C=O) groups excluding carboxylic acids is 1. The van der Waals surface area contributed by atoms with Gasteiger partial charge in [0, 0.05) is 16.4 Å². The summed E-state index contributed by atoms with van der Waals surface area (Å²) in [5.74, 6) is 0.707. The van der Waals surface area contributed by atoms with E-state index in [-0.39, 0.29) is 12.5 Å². The fraction of sp³-hybridized carbons (Fsp3) is 0.278. The van der Waals surface area contributed by atoms with Crippen LogP contribution in [0.3, 0.4) is 0 Å². The molecule has 0 fully saturated rings. The SMILES string of the molecule is CCCOc1ccc(NCC(=O)Nc2cc(Cl)ccc2C)cc1. The third-order valence-electron chi connectivity index (χ3n) is 3.25. The molecule has 0 aliphatic rings. The van der Waals surface area contributed by atoms with Crippen molar-refractivity contribution in [2.24, 2.45) is 0 Å². The Kier molecular flexibility index (Phi) is 6.29. The van der Waals surface area contributed by atoms with Crippen LogP contribution in [-0.4, -0.2) is 19.1 Å². The second-order valence-electron chi connectivity index (χ2n) is 5.23. The van der Waals surface area contributed by atoms with Crippen molar-refractivity contribution in [2.75, 3.05) is 23.8 Å². The van der Waals surface area contributed by atoms with E-state index in [9.17, 15) is 4.79 Å². The summed E-state index contributed by atoms with van der Waals surface area (Å²) >= 11 is 5.95. The number of benzene rings is 2. The lowest BCUT2D eigenvalue weighted by Crippen LogP contribution is -2.22. The van der Waals surface area contributed by atoms with Crippen molar-refractivity contribution in [3.63, 3.8) is 0 Å². The van der Waals surface area contributed by atoms with Crippen molar-refractivity contribution in [1.82, 2.24) is 0 Å². The predicted molar refractivity (Wildman–Crippen MR) is 95.5 cm³/mol. The van der Waals surface area contributed by atoms with Crippen molar-refractivity contribution >= 4 is 28.9 Å². The summed E-state index contributed by atoms with van der Waals surface area (Å²) in [6.45, 7) is 4.87. The summed E-state index contributed by atoms with van der Waals surface area (Å²) in [6, 6.07) is 13.0. The number of hydrogen-bond acceptors (Lipinski definition) is 3. The molecular formula is C18H21ClN2O2. The maximum atomic E-state index is 12.0. The Morgan fingerprint density at radius 3 is 2.61 bits per heavy atom. The van der Waals surface area contributed by atoms with E-state index in [0.29, 0.717) is 11.6 Å². The Balaban J connectivity index is 1.85. The first kappa shape index (κ1) is 17.2. The van der Waals surface area contributed by atoms with E-state index < -0.39 is 0 Å². The van der Waals surface area contributed by atoms with E-state index in [2.05, 4.69) is 17.6 Å². The molecule has 5 heteroatoms. The maximum absolute atomic E-state index is 12.0. The van der Waals surface area contributed by atoms with Crippen LogP contribution in [0.5, 0.6) is 5.75 Å². The molecule has 2 N–H and O–H groups in total. The minimum Gasteiger partial charge on any atom is -0.494 e. The minimum atomic E-state index is -0.123. The molecule has 0 radical (unpaired) electrons. The Morgan fingerprint density at radius 2 is 1.91 bits per heavy atom. The van der Waals surface area contributed by atoms with Crippen molar-refractivity contribution in [3.8, 4) is 5.75 Å². The highest BCUT2D eigenvalue weighted by Gasteiger charge is 2.05. The van der Waals surface area contributed by atoms with E-state index in [4.69, 9.17) is 16.3 Å². The first-order valence-corrected chi connectivity index (χ1v) is 7.99. The molecule has 0 saturated heterocycles. The summed E-state index contributed by atoms with van der Waals surface area (Å²) in [7, 11) is 0. The van der Waals surface area contributed by atoms with Gasteiger partial charge in [0.1, 0.15) is 5.75 Å². The number of nitrogens with one attached hydrogen (secondary N) is 2. The number of halogens is 1. The molecule has 0 aromatic heterocycles. The van der Waals surface area contributed by atoms with Gasteiger partial charge in [-0.15, -0.1) is 0 Å². The van der Waals surface area contributed by atoms with Crippen LogP contribution in [-0.2, 0) is 4.79 Å². The molecule has 0 bridgehead atoms. The first-order valence-electron chi connectivity index (χ1n) is 7.61. The van der Waals surface area contributed by atoms with Gasteiger partial charge in [0.05, 0.1) is 13.2 Å². The molecule has 0 aliphatic carbocycles. The highest BCUT2D eigenvalue weighted by atomic mass is 35.5. The molecule has 122 valence electrons. The van der Waals surface area contributed by atoms with Gasteiger partial charge in [-0.2, -0.15) is 0 Å². The van der Waals surface area contributed by atoms with Gasteiger partial charge in [0.2, 0.25) is 5.91 Å². The first-order chi connectivity index (χ1) is 11.1. The van der Waals surface area contributed by atoms with Crippen LogP contribution in [0.4, 0.5) is 11.4 Å². The largest absolute Gasteiger partial charge is 0.494 e. The molecule has 2 rings (SSSR count). The zero-order chi connectivity index (χ0) is 16.7. The zero-order valence-electron chi connectivity index (χ0n) is 13.4. The highest BCUT2D eigenvalue weighted by Crippen LogP contribution is 2.20. The van der Waals surface area contributed by atoms with Crippen LogP contribution in [0.1, 0.15) is 18.9 Å². The van der Waals surface area contributed by atoms with Crippen LogP contribution < -0.4 is 15.4 Å². The van der Waals surface area contributed by atoms with Gasteiger partial charge in [-0.1, -0.05) is 24.6 Å². The van der Waals surface area contributed by atoms with Crippen molar-refractivity contribution in [2.45, 2.75) is 20.3 Å². The normalized spacial score (nSPS) is 10.2. The highest BCUT2D eigenvalue weighted by molar-refractivity contribution is 6.31. The molecule has 4 nitrogen and oxygen atoms in total. The van der Waals surface area contributed by atoms with Crippen molar-refractivity contribution in [3.05, 3.63) is 53.1 Å².